The van der Waals surface area contributed by atoms with Gasteiger partial charge in [-0.3, -0.25) is 0 Å². The van der Waals surface area contributed by atoms with E-state index in [0.29, 0.717) is 0 Å². The normalized spacial score (nSPS) is 16.0. The average molecular weight is 308 g/mol. The van der Waals surface area contributed by atoms with Gasteiger partial charge in [-0.25, -0.2) is 0 Å². The summed E-state index contributed by atoms with van der Waals surface area (Å²) in [6.07, 6.45) is -19.9. The van der Waals surface area contributed by atoms with Gasteiger partial charge in [0.15, 0.2) is 8.32 Å². The van der Waals surface area contributed by atoms with E-state index in [1.165, 1.54) is 0 Å². The van der Waals surface area contributed by atoms with Crippen LogP contribution in [0.4, 0.5) is 39.5 Å². The first-order chi connectivity index (χ1) is 7.46. The number of hydrogen-bond acceptors (Lipinski definition) is 1. The molecule has 0 fully saturated rings. The molecule has 0 saturated heterocycles. The molecule has 0 saturated carbocycles. The molecule has 18 heavy (non-hydrogen) atoms. The fourth-order valence-electron chi connectivity index (χ4n) is 1.12. The molecule has 11 heteroatoms. The van der Waals surface area contributed by atoms with Crippen LogP contribution in [0, 0.1) is 0 Å². The van der Waals surface area contributed by atoms with Crippen molar-refractivity contribution in [2.24, 2.45) is 0 Å². The van der Waals surface area contributed by atoms with Gasteiger partial charge in [0.25, 0.3) is 0 Å². The maximum Gasteiger partial charge on any atom is 0.434 e. The minimum absolute atomic E-state index is 0.797. The standard InChI is InChI=1S/C7H9F9OSi/c1-18(2,3)17-4(5(8,9)10,6(11,12)13)7(14,15)16/h1-3H3. The second-order valence-electron chi connectivity index (χ2n) is 4.39. The molecule has 0 spiro atoms. The fourth-order valence-corrected chi connectivity index (χ4v) is 2.38. The molecule has 0 aromatic carbocycles. The molecule has 0 bridgehead atoms. The first-order valence-electron chi connectivity index (χ1n) is 4.36. The van der Waals surface area contributed by atoms with E-state index in [-0.39, 0.29) is 0 Å². The zero-order valence-corrected chi connectivity index (χ0v) is 10.3. The fraction of sp³-hybridized carbons (Fsp3) is 1.00. The van der Waals surface area contributed by atoms with Crippen LogP contribution in [0.15, 0.2) is 0 Å². The molecule has 0 unspecified atom stereocenters. The molecular formula is C7H9F9OSi. The molecular weight excluding hydrogens is 299 g/mol. The predicted octanol–water partition coefficient (Wildman–Crippen LogP) is 4.26. The molecule has 0 rings (SSSR count). The van der Waals surface area contributed by atoms with Gasteiger partial charge in [0, 0.05) is 0 Å². The van der Waals surface area contributed by atoms with E-state index in [4.69, 9.17) is 0 Å². The van der Waals surface area contributed by atoms with Gasteiger partial charge in [-0.05, 0) is 19.6 Å². The number of rotatable bonds is 2. The SMILES string of the molecule is C[Si](C)(C)OC(C(F)(F)F)(C(F)(F)F)C(F)(F)F. The minimum Gasteiger partial charge on any atom is -0.390 e. The topological polar surface area (TPSA) is 9.23 Å². The Kier molecular flexibility index (Phi) is 4.18. The van der Waals surface area contributed by atoms with Crippen LogP contribution in [0.25, 0.3) is 0 Å². The average Bonchev–Trinajstić information content (AvgIpc) is 1.90. The van der Waals surface area contributed by atoms with Crippen molar-refractivity contribution in [1.82, 2.24) is 0 Å². The van der Waals surface area contributed by atoms with E-state index >= 15 is 0 Å². The Balaban J connectivity index is 6.10. The molecule has 0 atom stereocenters. The minimum atomic E-state index is -6.65. The van der Waals surface area contributed by atoms with Crippen molar-refractivity contribution in [3.63, 3.8) is 0 Å². The highest BCUT2D eigenvalue weighted by atomic mass is 28.4. The van der Waals surface area contributed by atoms with Crippen LogP contribution in [-0.2, 0) is 4.43 Å². The summed E-state index contributed by atoms with van der Waals surface area (Å²) < 4.78 is 115. The van der Waals surface area contributed by atoms with Crippen molar-refractivity contribution in [1.29, 1.82) is 0 Å². The molecule has 0 aliphatic heterocycles. The van der Waals surface area contributed by atoms with E-state index in [1.54, 1.807) is 0 Å². The van der Waals surface area contributed by atoms with Crippen molar-refractivity contribution >= 4 is 8.32 Å². The van der Waals surface area contributed by atoms with Crippen molar-refractivity contribution in [3.05, 3.63) is 0 Å². The number of hydrogen-bond donors (Lipinski definition) is 0. The van der Waals surface area contributed by atoms with Gasteiger partial charge in [0.1, 0.15) is 0 Å². The molecule has 1 nitrogen and oxygen atoms in total. The van der Waals surface area contributed by atoms with Crippen molar-refractivity contribution in [2.75, 3.05) is 0 Å². The van der Waals surface area contributed by atoms with Gasteiger partial charge in [-0.1, -0.05) is 0 Å². The summed E-state index contributed by atoms with van der Waals surface area (Å²) in [5.74, 6) is 0. The maximum absolute atomic E-state index is 12.4. The van der Waals surface area contributed by atoms with Crippen LogP contribution in [-0.4, -0.2) is 32.4 Å². The molecule has 0 N–H and O–H groups in total. The van der Waals surface area contributed by atoms with Crippen LogP contribution in [0.5, 0.6) is 0 Å². The van der Waals surface area contributed by atoms with Crippen LogP contribution in [0.1, 0.15) is 0 Å². The highest BCUT2D eigenvalue weighted by molar-refractivity contribution is 6.69. The van der Waals surface area contributed by atoms with Gasteiger partial charge in [0.05, 0.1) is 0 Å². The number of alkyl halides is 9. The molecule has 110 valence electrons. The summed E-state index contributed by atoms with van der Waals surface area (Å²) in [5.41, 5.74) is -6.14. The zero-order valence-electron chi connectivity index (χ0n) is 9.31. The van der Waals surface area contributed by atoms with E-state index in [2.05, 4.69) is 4.43 Å². The molecule has 0 aliphatic rings. The van der Waals surface area contributed by atoms with Crippen molar-refractivity contribution < 1.29 is 43.9 Å². The Labute approximate surface area is 97.0 Å². The molecule has 0 aromatic heterocycles. The first kappa shape index (κ1) is 17.5. The third-order valence-electron chi connectivity index (χ3n) is 1.66. The summed E-state index contributed by atoms with van der Waals surface area (Å²) in [6, 6.07) is 0. The van der Waals surface area contributed by atoms with Gasteiger partial charge in [0.2, 0.25) is 0 Å². The summed E-state index contributed by atoms with van der Waals surface area (Å²) in [4.78, 5) is 0. The molecule has 0 amide bonds. The lowest BCUT2D eigenvalue weighted by molar-refractivity contribution is -0.440. The Bertz CT molecular complexity index is 258. The first-order valence-corrected chi connectivity index (χ1v) is 7.77. The lowest BCUT2D eigenvalue weighted by Gasteiger charge is -2.41. The highest BCUT2D eigenvalue weighted by Gasteiger charge is 2.85. The van der Waals surface area contributed by atoms with Gasteiger partial charge >= 0.3 is 24.1 Å². The van der Waals surface area contributed by atoms with Crippen molar-refractivity contribution in [3.8, 4) is 0 Å². The van der Waals surface area contributed by atoms with E-state index < -0.39 is 32.4 Å². The largest absolute Gasteiger partial charge is 0.434 e. The summed E-state index contributed by atoms with van der Waals surface area (Å²) >= 11 is 0. The van der Waals surface area contributed by atoms with Crippen LogP contribution in [0.2, 0.25) is 19.6 Å². The number of halogens is 9. The highest BCUT2D eigenvalue weighted by Crippen LogP contribution is 2.55. The Hall–Kier alpha value is -0.453. The van der Waals surface area contributed by atoms with E-state index in [9.17, 15) is 39.5 Å². The summed E-state index contributed by atoms with van der Waals surface area (Å²) in [5, 5.41) is 0. The lowest BCUT2D eigenvalue weighted by atomic mass is 10.0. The second kappa shape index (κ2) is 4.29. The van der Waals surface area contributed by atoms with Gasteiger partial charge in [-0.15, -0.1) is 0 Å². The summed E-state index contributed by atoms with van der Waals surface area (Å²) in [7, 11) is -3.78. The van der Waals surface area contributed by atoms with Gasteiger partial charge < -0.3 is 4.43 Å². The Morgan fingerprint density at radius 2 is 0.833 bits per heavy atom. The molecule has 0 aromatic rings. The van der Waals surface area contributed by atoms with Crippen molar-refractivity contribution in [2.45, 2.75) is 43.8 Å². The smallest absolute Gasteiger partial charge is 0.390 e. The van der Waals surface area contributed by atoms with Crippen LogP contribution < -0.4 is 0 Å². The third kappa shape index (κ3) is 3.11. The molecule has 0 aliphatic carbocycles. The molecule has 0 heterocycles. The maximum atomic E-state index is 12.4. The predicted molar refractivity (Wildman–Crippen MR) is 45.3 cm³/mol. The second-order valence-corrected chi connectivity index (χ2v) is 8.82. The Morgan fingerprint density at radius 1 is 0.611 bits per heavy atom. The van der Waals surface area contributed by atoms with E-state index in [0.717, 1.165) is 19.6 Å². The van der Waals surface area contributed by atoms with Crippen LogP contribution >= 0.6 is 0 Å². The van der Waals surface area contributed by atoms with Gasteiger partial charge in [-0.2, -0.15) is 39.5 Å². The molecule has 0 radical (unpaired) electrons. The zero-order chi connectivity index (χ0) is 15.2. The lowest BCUT2D eigenvalue weighted by Crippen LogP contribution is -2.70. The van der Waals surface area contributed by atoms with E-state index in [1.807, 2.05) is 0 Å². The summed E-state index contributed by atoms with van der Waals surface area (Å²) in [6.45, 7) is 2.39. The van der Waals surface area contributed by atoms with Crippen LogP contribution in [0.3, 0.4) is 0 Å². The quantitative estimate of drug-likeness (QED) is 0.547. The monoisotopic (exact) mass is 308 g/mol. The third-order valence-corrected chi connectivity index (χ3v) is 2.58. The Morgan fingerprint density at radius 3 is 0.889 bits per heavy atom.